The third-order valence-electron chi connectivity index (χ3n) is 5.66. The van der Waals surface area contributed by atoms with Gasteiger partial charge in [0.1, 0.15) is 5.60 Å². The van der Waals surface area contributed by atoms with Crippen LogP contribution in [-0.4, -0.2) is 27.6 Å². The molecule has 1 heterocycles. The number of carboxylic acids is 1. The SMILES string of the molecule is CC1=C(C(=O)O)C(c2ccccc2[N+](=O)[O-])C(C(=O)OC2(C)CCCC2)=C(C)N1. The van der Waals surface area contributed by atoms with Crippen LogP contribution in [0.25, 0.3) is 0 Å². The fourth-order valence-corrected chi connectivity index (χ4v) is 4.26. The molecule has 0 radical (unpaired) electrons. The van der Waals surface area contributed by atoms with Crippen molar-refractivity contribution >= 4 is 17.6 Å². The van der Waals surface area contributed by atoms with E-state index in [-0.39, 0.29) is 22.4 Å². The molecule has 3 rings (SSSR count). The Bertz CT molecular complexity index is 940. The van der Waals surface area contributed by atoms with Crippen LogP contribution in [0.15, 0.2) is 46.8 Å². The second-order valence-electron chi connectivity index (χ2n) is 7.80. The van der Waals surface area contributed by atoms with E-state index in [2.05, 4.69) is 5.32 Å². The second-order valence-corrected chi connectivity index (χ2v) is 7.80. The van der Waals surface area contributed by atoms with Gasteiger partial charge in [-0.05, 0) is 46.5 Å². The first-order valence-electron chi connectivity index (χ1n) is 9.53. The molecule has 29 heavy (non-hydrogen) atoms. The molecule has 1 aromatic rings. The molecule has 1 aliphatic carbocycles. The molecular formula is C21H24N2O6. The van der Waals surface area contributed by atoms with E-state index >= 15 is 0 Å². The molecule has 2 aliphatic rings. The summed E-state index contributed by atoms with van der Waals surface area (Å²) in [6.07, 6.45) is 3.37. The molecule has 154 valence electrons. The van der Waals surface area contributed by atoms with Crippen molar-refractivity contribution in [3.8, 4) is 0 Å². The van der Waals surface area contributed by atoms with E-state index in [4.69, 9.17) is 4.74 Å². The number of hydrogen-bond acceptors (Lipinski definition) is 6. The Hall–Kier alpha value is -3.16. The summed E-state index contributed by atoms with van der Waals surface area (Å²) < 4.78 is 5.80. The largest absolute Gasteiger partial charge is 0.478 e. The average Bonchev–Trinajstić information content (AvgIpc) is 3.06. The Labute approximate surface area is 168 Å². The quantitative estimate of drug-likeness (QED) is 0.438. The smallest absolute Gasteiger partial charge is 0.337 e. The van der Waals surface area contributed by atoms with Crippen molar-refractivity contribution in [2.24, 2.45) is 0 Å². The Morgan fingerprint density at radius 2 is 1.76 bits per heavy atom. The summed E-state index contributed by atoms with van der Waals surface area (Å²) in [5.41, 5.74) is 0.0551. The van der Waals surface area contributed by atoms with E-state index in [1.807, 2.05) is 6.92 Å². The van der Waals surface area contributed by atoms with Crippen LogP contribution >= 0.6 is 0 Å². The molecule has 0 aromatic heterocycles. The first kappa shape index (κ1) is 20.6. The van der Waals surface area contributed by atoms with E-state index in [1.165, 1.54) is 18.2 Å². The molecule has 0 bridgehead atoms. The average molecular weight is 400 g/mol. The maximum Gasteiger partial charge on any atom is 0.337 e. The van der Waals surface area contributed by atoms with Gasteiger partial charge >= 0.3 is 11.9 Å². The molecule has 1 fully saturated rings. The van der Waals surface area contributed by atoms with Gasteiger partial charge < -0.3 is 15.2 Å². The number of carbonyl (C=O) groups excluding carboxylic acids is 1. The molecule has 1 aliphatic heterocycles. The highest BCUT2D eigenvalue weighted by Crippen LogP contribution is 2.43. The number of nitro benzene ring substituents is 1. The summed E-state index contributed by atoms with van der Waals surface area (Å²) in [7, 11) is 0. The maximum absolute atomic E-state index is 13.2. The van der Waals surface area contributed by atoms with Crippen LogP contribution in [0, 0.1) is 10.1 Å². The topological polar surface area (TPSA) is 119 Å². The molecule has 2 N–H and O–H groups in total. The number of rotatable bonds is 5. The number of hydrogen-bond donors (Lipinski definition) is 2. The number of ether oxygens (including phenoxy) is 1. The zero-order chi connectivity index (χ0) is 21.3. The van der Waals surface area contributed by atoms with Gasteiger partial charge in [-0.2, -0.15) is 0 Å². The van der Waals surface area contributed by atoms with E-state index in [0.717, 1.165) is 25.7 Å². The number of carboxylic acid groups (broad SMARTS) is 1. The third kappa shape index (κ3) is 3.87. The summed E-state index contributed by atoms with van der Waals surface area (Å²) in [5, 5.41) is 24.4. The molecule has 0 amide bonds. The van der Waals surface area contributed by atoms with Crippen LogP contribution in [0.1, 0.15) is 57.9 Å². The first-order valence-corrected chi connectivity index (χ1v) is 9.53. The predicted molar refractivity (Wildman–Crippen MR) is 105 cm³/mol. The van der Waals surface area contributed by atoms with E-state index in [1.54, 1.807) is 19.9 Å². The molecule has 0 saturated heterocycles. The number of benzene rings is 1. The van der Waals surface area contributed by atoms with Crippen molar-refractivity contribution < 1.29 is 24.4 Å². The third-order valence-corrected chi connectivity index (χ3v) is 5.66. The van der Waals surface area contributed by atoms with Crippen molar-refractivity contribution in [2.45, 2.75) is 58.0 Å². The predicted octanol–water partition coefficient (Wildman–Crippen LogP) is 3.79. The fraction of sp³-hybridized carbons (Fsp3) is 0.429. The van der Waals surface area contributed by atoms with Crippen molar-refractivity contribution in [1.82, 2.24) is 5.32 Å². The molecule has 1 atom stereocenters. The van der Waals surface area contributed by atoms with Gasteiger partial charge in [-0.15, -0.1) is 0 Å². The summed E-state index contributed by atoms with van der Waals surface area (Å²) in [6.45, 7) is 5.09. The van der Waals surface area contributed by atoms with Crippen molar-refractivity contribution in [2.75, 3.05) is 0 Å². The molecule has 1 unspecified atom stereocenters. The number of carbonyl (C=O) groups is 2. The fourth-order valence-electron chi connectivity index (χ4n) is 4.26. The van der Waals surface area contributed by atoms with Gasteiger partial charge in [-0.3, -0.25) is 10.1 Å². The van der Waals surface area contributed by atoms with Crippen molar-refractivity contribution in [1.29, 1.82) is 0 Å². The number of esters is 1. The Balaban J connectivity index is 2.15. The molecule has 8 nitrogen and oxygen atoms in total. The normalized spacial score (nSPS) is 21.0. The van der Waals surface area contributed by atoms with Gasteiger partial charge in [-0.25, -0.2) is 9.59 Å². The van der Waals surface area contributed by atoms with Crippen LogP contribution in [-0.2, 0) is 14.3 Å². The minimum atomic E-state index is -1.25. The standard InChI is InChI=1S/C21H24N2O6/c1-12-16(19(24)25)18(14-8-4-5-9-15(14)23(27)28)17(13(2)22-12)20(26)29-21(3)10-6-7-11-21/h4-5,8-9,18,22H,6-7,10-11H2,1-3H3,(H,24,25). The highest BCUT2D eigenvalue weighted by Gasteiger charge is 2.42. The van der Waals surface area contributed by atoms with E-state index < -0.39 is 28.4 Å². The summed E-state index contributed by atoms with van der Waals surface area (Å²) in [5.74, 6) is -3.00. The summed E-state index contributed by atoms with van der Waals surface area (Å²) in [6, 6.07) is 5.90. The number of para-hydroxylation sites is 1. The number of allylic oxidation sites excluding steroid dienone is 2. The molecule has 1 aromatic carbocycles. The van der Waals surface area contributed by atoms with Crippen LogP contribution < -0.4 is 5.32 Å². The molecule has 8 heteroatoms. The lowest BCUT2D eigenvalue weighted by Crippen LogP contribution is -2.35. The first-order chi connectivity index (χ1) is 13.6. The molecule has 0 spiro atoms. The lowest BCUT2D eigenvalue weighted by atomic mass is 9.79. The van der Waals surface area contributed by atoms with Crippen molar-refractivity contribution in [3.05, 3.63) is 62.5 Å². The summed E-state index contributed by atoms with van der Waals surface area (Å²) >= 11 is 0. The highest BCUT2D eigenvalue weighted by atomic mass is 16.6. The van der Waals surface area contributed by atoms with Gasteiger partial charge in [0.2, 0.25) is 0 Å². The van der Waals surface area contributed by atoms with Crippen LogP contribution in [0.2, 0.25) is 0 Å². The van der Waals surface area contributed by atoms with Crippen molar-refractivity contribution in [3.63, 3.8) is 0 Å². The number of nitro groups is 1. The summed E-state index contributed by atoms with van der Waals surface area (Å²) in [4.78, 5) is 36.3. The van der Waals surface area contributed by atoms with Crippen LogP contribution in [0.3, 0.4) is 0 Å². The monoisotopic (exact) mass is 400 g/mol. The van der Waals surface area contributed by atoms with Gasteiger partial charge in [0, 0.05) is 23.0 Å². The Kier molecular flexibility index (Phi) is 5.46. The number of dihydropyridines is 1. The van der Waals surface area contributed by atoms with E-state index in [9.17, 15) is 24.8 Å². The zero-order valence-electron chi connectivity index (χ0n) is 16.7. The Morgan fingerprint density at radius 3 is 2.34 bits per heavy atom. The lowest BCUT2D eigenvalue weighted by molar-refractivity contribution is -0.385. The van der Waals surface area contributed by atoms with Crippen LogP contribution in [0.4, 0.5) is 5.69 Å². The van der Waals surface area contributed by atoms with Gasteiger partial charge in [0.25, 0.3) is 5.69 Å². The molecule has 1 saturated carbocycles. The van der Waals surface area contributed by atoms with Gasteiger partial charge in [0.15, 0.2) is 0 Å². The number of nitrogens with one attached hydrogen (secondary N) is 1. The Morgan fingerprint density at radius 1 is 1.17 bits per heavy atom. The number of aliphatic carboxylic acids is 1. The zero-order valence-corrected chi connectivity index (χ0v) is 16.7. The van der Waals surface area contributed by atoms with E-state index in [0.29, 0.717) is 11.4 Å². The maximum atomic E-state index is 13.2. The van der Waals surface area contributed by atoms with Gasteiger partial charge in [0.05, 0.1) is 22.0 Å². The minimum Gasteiger partial charge on any atom is -0.478 e. The van der Waals surface area contributed by atoms with Crippen LogP contribution in [0.5, 0.6) is 0 Å². The van der Waals surface area contributed by atoms with Gasteiger partial charge in [-0.1, -0.05) is 18.2 Å². The second kappa shape index (κ2) is 7.69. The lowest BCUT2D eigenvalue weighted by Gasteiger charge is -2.32. The highest BCUT2D eigenvalue weighted by molar-refractivity contribution is 5.99. The minimum absolute atomic E-state index is 0.0930. The molecular weight excluding hydrogens is 376 g/mol. The number of nitrogens with zero attached hydrogens (tertiary/aromatic N) is 1.